The summed E-state index contributed by atoms with van der Waals surface area (Å²) in [4.78, 5) is 0.341. The van der Waals surface area contributed by atoms with E-state index in [1.807, 2.05) is 24.3 Å². The lowest BCUT2D eigenvalue weighted by Crippen LogP contribution is -2.41. The zero-order chi connectivity index (χ0) is 22.1. The number of hydrogen-bond donors (Lipinski definition) is 2. The van der Waals surface area contributed by atoms with E-state index in [0.29, 0.717) is 23.3 Å². The topological polar surface area (TPSA) is 58.2 Å². The van der Waals surface area contributed by atoms with Crippen LogP contribution < -0.4 is 10.0 Å². The van der Waals surface area contributed by atoms with Gasteiger partial charge in [-0.15, -0.1) is 0 Å². The number of halogens is 1. The van der Waals surface area contributed by atoms with Gasteiger partial charge in [0, 0.05) is 23.3 Å². The van der Waals surface area contributed by atoms with Crippen molar-refractivity contribution in [3.63, 3.8) is 0 Å². The molecular formula is C26H27ClN2O2S. The van der Waals surface area contributed by atoms with Crippen LogP contribution in [0.1, 0.15) is 29.5 Å². The molecule has 1 fully saturated rings. The normalized spacial score (nSPS) is 22.2. The predicted octanol–water partition coefficient (Wildman–Crippen LogP) is 5.42. The van der Waals surface area contributed by atoms with Crippen molar-refractivity contribution in [3.8, 4) is 0 Å². The van der Waals surface area contributed by atoms with Gasteiger partial charge in [0.15, 0.2) is 0 Å². The highest BCUT2D eigenvalue weighted by Crippen LogP contribution is 2.41. The van der Waals surface area contributed by atoms with Gasteiger partial charge < -0.3 is 5.32 Å². The molecule has 0 aliphatic heterocycles. The molecule has 1 saturated carbocycles. The Labute approximate surface area is 195 Å². The second-order valence-corrected chi connectivity index (χ2v) is 11.1. The van der Waals surface area contributed by atoms with Gasteiger partial charge in [-0.3, -0.25) is 0 Å². The van der Waals surface area contributed by atoms with E-state index in [0.717, 1.165) is 42.0 Å². The molecule has 5 rings (SSSR count). The molecule has 0 amide bonds. The van der Waals surface area contributed by atoms with Crippen LogP contribution in [0.25, 0.3) is 0 Å². The molecule has 0 radical (unpaired) electrons. The molecule has 3 unspecified atom stereocenters. The van der Waals surface area contributed by atoms with Crippen LogP contribution in [0.15, 0.2) is 77.7 Å². The smallest absolute Gasteiger partial charge is 0.240 e. The summed E-state index contributed by atoms with van der Waals surface area (Å²) < 4.78 is 29.0. The SMILES string of the molecule is O=S(=O)(NC1C2CCC1Cc1cc(NCc3cccc(Cl)c3)ccc1C2)c1ccccc1. The minimum atomic E-state index is -3.51. The van der Waals surface area contributed by atoms with Gasteiger partial charge in [-0.1, -0.05) is 48.0 Å². The third kappa shape index (κ3) is 4.56. The van der Waals surface area contributed by atoms with Crippen molar-refractivity contribution in [1.29, 1.82) is 0 Å². The zero-order valence-electron chi connectivity index (χ0n) is 17.8. The Bertz CT molecular complexity index is 1210. The molecule has 32 heavy (non-hydrogen) atoms. The summed E-state index contributed by atoms with van der Waals surface area (Å²) in [6, 6.07) is 23.1. The molecule has 6 heteroatoms. The van der Waals surface area contributed by atoms with E-state index in [1.54, 1.807) is 24.3 Å². The zero-order valence-corrected chi connectivity index (χ0v) is 19.4. The number of benzene rings is 3. The first kappa shape index (κ1) is 21.5. The van der Waals surface area contributed by atoms with Crippen molar-refractivity contribution in [3.05, 3.63) is 94.5 Å². The fourth-order valence-corrected chi connectivity index (χ4v) is 6.82. The summed E-state index contributed by atoms with van der Waals surface area (Å²) in [5.74, 6) is 0.660. The summed E-state index contributed by atoms with van der Waals surface area (Å²) in [5, 5.41) is 4.25. The van der Waals surface area contributed by atoms with Gasteiger partial charge in [0.25, 0.3) is 0 Å². The van der Waals surface area contributed by atoms with Gasteiger partial charge >= 0.3 is 0 Å². The van der Waals surface area contributed by atoms with Gasteiger partial charge in [-0.05, 0) is 90.6 Å². The highest BCUT2D eigenvalue weighted by molar-refractivity contribution is 7.89. The largest absolute Gasteiger partial charge is 0.381 e. The fourth-order valence-electron chi connectivity index (χ4n) is 5.21. The van der Waals surface area contributed by atoms with E-state index in [4.69, 9.17) is 11.6 Å². The van der Waals surface area contributed by atoms with Crippen LogP contribution in [0, 0.1) is 11.8 Å². The monoisotopic (exact) mass is 466 g/mol. The van der Waals surface area contributed by atoms with Crippen LogP contribution in [0.5, 0.6) is 0 Å². The Morgan fingerprint density at radius 2 is 1.59 bits per heavy atom. The highest BCUT2D eigenvalue weighted by atomic mass is 35.5. The van der Waals surface area contributed by atoms with Gasteiger partial charge in [-0.2, -0.15) is 0 Å². The summed E-state index contributed by atoms with van der Waals surface area (Å²) in [5.41, 5.74) is 4.90. The maximum atomic E-state index is 13.0. The van der Waals surface area contributed by atoms with Crippen molar-refractivity contribution in [2.24, 2.45) is 11.8 Å². The average Bonchev–Trinajstić information content (AvgIpc) is 3.06. The number of hydrogen-bond acceptors (Lipinski definition) is 3. The van der Waals surface area contributed by atoms with Gasteiger partial charge in [0.1, 0.15) is 0 Å². The first-order valence-corrected chi connectivity index (χ1v) is 13.0. The Kier molecular flexibility index (Phi) is 5.97. The number of anilines is 1. The minimum absolute atomic E-state index is 0.0181. The lowest BCUT2D eigenvalue weighted by Gasteiger charge is -2.23. The molecule has 0 spiro atoms. The van der Waals surface area contributed by atoms with E-state index in [-0.39, 0.29) is 6.04 Å². The number of fused-ring (bicyclic) bond motifs is 3. The minimum Gasteiger partial charge on any atom is -0.381 e. The number of sulfonamides is 1. The van der Waals surface area contributed by atoms with Gasteiger partial charge in [-0.25, -0.2) is 13.1 Å². The van der Waals surface area contributed by atoms with Crippen LogP contribution in [-0.2, 0) is 29.4 Å². The fraction of sp³-hybridized carbons (Fsp3) is 0.308. The summed E-state index contributed by atoms with van der Waals surface area (Å²) in [6.45, 7) is 0.713. The molecule has 4 nitrogen and oxygen atoms in total. The van der Waals surface area contributed by atoms with Crippen molar-refractivity contribution < 1.29 is 8.42 Å². The summed E-state index contributed by atoms with van der Waals surface area (Å²) >= 11 is 6.10. The van der Waals surface area contributed by atoms with Crippen LogP contribution in [0.3, 0.4) is 0 Å². The van der Waals surface area contributed by atoms with Crippen molar-refractivity contribution >= 4 is 27.3 Å². The summed E-state index contributed by atoms with van der Waals surface area (Å²) in [6.07, 6.45) is 3.95. The van der Waals surface area contributed by atoms with Crippen molar-refractivity contribution in [1.82, 2.24) is 4.72 Å². The molecule has 0 heterocycles. The molecule has 3 atom stereocenters. The van der Waals surface area contributed by atoms with E-state index in [9.17, 15) is 8.42 Å². The molecular weight excluding hydrogens is 440 g/mol. The lowest BCUT2D eigenvalue weighted by atomic mass is 9.93. The first-order valence-electron chi connectivity index (χ1n) is 11.2. The molecule has 2 aliphatic carbocycles. The van der Waals surface area contributed by atoms with E-state index >= 15 is 0 Å². The molecule has 0 aromatic heterocycles. The van der Waals surface area contributed by atoms with E-state index < -0.39 is 10.0 Å². The van der Waals surface area contributed by atoms with E-state index in [2.05, 4.69) is 34.3 Å². The van der Waals surface area contributed by atoms with Crippen LogP contribution in [0.2, 0.25) is 5.02 Å². The average molecular weight is 467 g/mol. The lowest BCUT2D eigenvalue weighted by molar-refractivity contribution is 0.386. The summed E-state index contributed by atoms with van der Waals surface area (Å²) in [7, 11) is -3.51. The maximum absolute atomic E-state index is 13.0. The molecule has 2 bridgehead atoms. The Morgan fingerprint density at radius 1 is 0.844 bits per heavy atom. The number of nitrogens with one attached hydrogen (secondary N) is 2. The van der Waals surface area contributed by atoms with Gasteiger partial charge in [0.05, 0.1) is 4.90 Å². The predicted molar refractivity (Wildman–Crippen MR) is 129 cm³/mol. The Hall–Kier alpha value is -2.34. The third-order valence-electron chi connectivity index (χ3n) is 6.82. The molecule has 3 aromatic rings. The molecule has 0 saturated heterocycles. The van der Waals surface area contributed by atoms with Crippen LogP contribution in [-0.4, -0.2) is 14.5 Å². The van der Waals surface area contributed by atoms with Crippen molar-refractivity contribution in [2.75, 3.05) is 5.32 Å². The quantitative estimate of drug-likeness (QED) is 0.509. The molecule has 166 valence electrons. The van der Waals surface area contributed by atoms with Crippen molar-refractivity contribution in [2.45, 2.75) is 43.2 Å². The second kappa shape index (κ2) is 8.89. The highest BCUT2D eigenvalue weighted by Gasteiger charge is 2.41. The van der Waals surface area contributed by atoms with Gasteiger partial charge in [0.2, 0.25) is 10.0 Å². The first-order chi connectivity index (χ1) is 15.5. The second-order valence-electron chi connectivity index (χ2n) is 8.93. The third-order valence-corrected chi connectivity index (χ3v) is 8.54. The van der Waals surface area contributed by atoms with E-state index in [1.165, 1.54) is 11.1 Å². The Balaban J connectivity index is 1.32. The molecule has 2 aliphatic rings. The molecule has 3 aromatic carbocycles. The number of rotatable bonds is 6. The Morgan fingerprint density at radius 3 is 2.34 bits per heavy atom. The standard InChI is InChI=1S/C26H27ClN2O2S/c27-23-6-4-5-18(13-23)17-28-24-12-11-19-14-20-9-10-21(15-22(19)16-24)26(20)29-32(30,31)25-7-2-1-3-8-25/h1-8,11-13,16,20-21,26,28-29H,9-10,14-15,17H2. The van der Waals surface area contributed by atoms with Crippen LogP contribution >= 0.6 is 11.6 Å². The maximum Gasteiger partial charge on any atom is 0.240 e. The molecule has 2 N–H and O–H groups in total. The van der Waals surface area contributed by atoms with Crippen LogP contribution in [0.4, 0.5) is 5.69 Å².